The number of likely N-dealkylation sites (N-methyl/N-ethyl adjacent to an activating group) is 1. The summed E-state index contributed by atoms with van der Waals surface area (Å²) in [6.45, 7) is 0. The summed E-state index contributed by atoms with van der Waals surface area (Å²) in [4.78, 5) is 0. The molecular formula is C28H29N3. The maximum absolute atomic E-state index is 6.29. The summed E-state index contributed by atoms with van der Waals surface area (Å²) < 4.78 is 0. The van der Waals surface area contributed by atoms with Crippen molar-refractivity contribution in [2.45, 2.75) is 19.3 Å². The number of hydrogen-bond acceptors (Lipinski definition) is 3. The van der Waals surface area contributed by atoms with E-state index >= 15 is 0 Å². The summed E-state index contributed by atoms with van der Waals surface area (Å²) in [7, 11) is 1.89. The van der Waals surface area contributed by atoms with E-state index < -0.39 is 0 Å². The summed E-state index contributed by atoms with van der Waals surface area (Å²) in [5, 5.41) is 11.6. The number of fused-ring (bicyclic) bond motifs is 3. The smallest absolute Gasteiger partial charge is 0.0571 e. The zero-order chi connectivity index (χ0) is 21.5. The van der Waals surface area contributed by atoms with Crippen molar-refractivity contribution >= 4 is 27.2 Å². The molecule has 0 heterocycles. The Balaban J connectivity index is 1.53. The topological polar surface area (TPSA) is 50.1 Å². The van der Waals surface area contributed by atoms with Gasteiger partial charge in [-0.05, 0) is 65.3 Å². The fraction of sp³-hybridized carbons (Fsp3) is 0.143. The Labute approximate surface area is 184 Å². The second-order valence-electron chi connectivity index (χ2n) is 7.68. The van der Waals surface area contributed by atoms with Gasteiger partial charge in [0.05, 0.1) is 11.4 Å². The quantitative estimate of drug-likeness (QED) is 0.321. The Bertz CT molecular complexity index is 1230. The summed E-state index contributed by atoms with van der Waals surface area (Å²) in [6, 6.07) is 19.2. The van der Waals surface area contributed by atoms with Crippen LogP contribution in [0.15, 0.2) is 114 Å². The Morgan fingerprint density at radius 1 is 0.968 bits per heavy atom. The Morgan fingerprint density at radius 2 is 1.74 bits per heavy atom. The van der Waals surface area contributed by atoms with Crippen molar-refractivity contribution in [3.63, 3.8) is 0 Å². The molecule has 0 unspecified atom stereocenters. The van der Waals surface area contributed by atoms with Crippen LogP contribution in [-0.4, -0.2) is 7.05 Å². The minimum Gasteiger partial charge on any atom is -0.397 e. The summed E-state index contributed by atoms with van der Waals surface area (Å²) in [5.74, 6) is 0. The predicted octanol–water partition coefficient (Wildman–Crippen LogP) is 6.53. The number of hydrogen-bond donors (Lipinski definition) is 3. The van der Waals surface area contributed by atoms with Gasteiger partial charge < -0.3 is 16.4 Å². The van der Waals surface area contributed by atoms with Gasteiger partial charge in [-0.2, -0.15) is 0 Å². The first-order valence-corrected chi connectivity index (χ1v) is 10.8. The van der Waals surface area contributed by atoms with Crippen LogP contribution in [0.3, 0.4) is 0 Å². The highest BCUT2D eigenvalue weighted by Crippen LogP contribution is 2.31. The highest BCUT2D eigenvalue weighted by atomic mass is 14.9. The molecule has 4 rings (SSSR count). The van der Waals surface area contributed by atoms with E-state index in [1.165, 1.54) is 40.0 Å². The second-order valence-corrected chi connectivity index (χ2v) is 7.68. The molecule has 4 N–H and O–H groups in total. The molecule has 3 nitrogen and oxygen atoms in total. The molecule has 0 aliphatic heterocycles. The van der Waals surface area contributed by atoms with Gasteiger partial charge in [0.1, 0.15) is 0 Å². The Morgan fingerprint density at radius 3 is 2.52 bits per heavy atom. The first-order valence-electron chi connectivity index (χ1n) is 10.8. The van der Waals surface area contributed by atoms with Crippen LogP contribution in [0, 0.1) is 0 Å². The van der Waals surface area contributed by atoms with Crippen molar-refractivity contribution in [3.8, 4) is 0 Å². The van der Waals surface area contributed by atoms with Crippen LogP contribution in [0.5, 0.6) is 0 Å². The van der Waals surface area contributed by atoms with Gasteiger partial charge in [0.15, 0.2) is 0 Å². The molecule has 0 bridgehead atoms. The molecule has 3 aromatic rings. The summed E-state index contributed by atoms with van der Waals surface area (Å²) in [6.07, 6.45) is 17.9. The second kappa shape index (κ2) is 9.86. The largest absolute Gasteiger partial charge is 0.397 e. The lowest BCUT2D eigenvalue weighted by Crippen LogP contribution is -2.13. The highest BCUT2D eigenvalue weighted by molar-refractivity contribution is 6.13. The maximum Gasteiger partial charge on any atom is 0.0571 e. The average molecular weight is 408 g/mol. The molecule has 1 aliphatic carbocycles. The molecule has 0 spiro atoms. The van der Waals surface area contributed by atoms with Crippen molar-refractivity contribution in [2.75, 3.05) is 12.4 Å². The Kier molecular flexibility index (Phi) is 6.53. The van der Waals surface area contributed by atoms with E-state index in [0.29, 0.717) is 5.70 Å². The van der Waals surface area contributed by atoms with Crippen molar-refractivity contribution < 1.29 is 0 Å². The van der Waals surface area contributed by atoms with Gasteiger partial charge in [0.25, 0.3) is 0 Å². The van der Waals surface area contributed by atoms with E-state index in [1.54, 1.807) is 0 Å². The maximum atomic E-state index is 6.29. The Hall–Kier alpha value is -3.72. The minimum atomic E-state index is 0.695. The van der Waals surface area contributed by atoms with Gasteiger partial charge in [-0.1, -0.05) is 66.8 Å². The number of nitrogens with two attached hydrogens (primary N) is 1. The lowest BCUT2D eigenvalue weighted by atomic mass is 10.0. The number of allylic oxidation sites excluding steroid dienone is 7. The van der Waals surface area contributed by atoms with Crippen molar-refractivity contribution in [1.82, 2.24) is 5.32 Å². The van der Waals surface area contributed by atoms with Crippen LogP contribution in [0.4, 0.5) is 5.69 Å². The van der Waals surface area contributed by atoms with Gasteiger partial charge in [0.2, 0.25) is 0 Å². The first-order chi connectivity index (χ1) is 15.3. The highest BCUT2D eigenvalue weighted by Gasteiger charge is 2.04. The lowest BCUT2D eigenvalue weighted by Gasteiger charge is -2.10. The van der Waals surface area contributed by atoms with Gasteiger partial charge in [0, 0.05) is 24.3 Å². The number of nitrogens with one attached hydrogen (secondary N) is 2. The molecule has 0 saturated carbocycles. The summed E-state index contributed by atoms with van der Waals surface area (Å²) >= 11 is 0. The van der Waals surface area contributed by atoms with Crippen LogP contribution in [0.2, 0.25) is 0 Å². The van der Waals surface area contributed by atoms with Crippen LogP contribution < -0.4 is 16.4 Å². The number of rotatable bonds is 6. The predicted molar refractivity (Wildman–Crippen MR) is 135 cm³/mol. The SMILES string of the molecule is CNC(=C\C=C1\C=CCCC1)/C(N)=C/C=C/Nc1cc2ccccc2c2ccccc12. The van der Waals surface area contributed by atoms with Crippen LogP contribution in [0.25, 0.3) is 21.5 Å². The molecule has 0 atom stereocenters. The number of benzene rings is 3. The lowest BCUT2D eigenvalue weighted by molar-refractivity contribution is 0.821. The van der Waals surface area contributed by atoms with Gasteiger partial charge >= 0.3 is 0 Å². The third-order valence-corrected chi connectivity index (χ3v) is 5.59. The van der Waals surface area contributed by atoms with Crippen LogP contribution >= 0.6 is 0 Å². The molecule has 0 saturated heterocycles. The molecule has 156 valence electrons. The minimum absolute atomic E-state index is 0.695. The number of anilines is 1. The molecular weight excluding hydrogens is 378 g/mol. The fourth-order valence-electron chi connectivity index (χ4n) is 3.95. The normalized spacial score (nSPS) is 16.5. The standard InChI is InChI=1S/C28H29N3/c1-30-27(18-17-21-10-3-2-4-11-21)26(29)16-9-19-31-28-20-22-12-5-6-13-23(22)24-14-7-8-15-25(24)28/h3,5-10,12-20,30-31H,2,4,11,29H2,1H3/b19-9+,21-17-,26-16-,27-18-. The van der Waals surface area contributed by atoms with Crippen molar-refractivity contribution in [2.24, 2.45) is 5.73 Å². The van der Waals surface area contributed by atoms with E-state index in [0.717, 1.165) is 17.8 Å². The zero-order valence-corrected chi connectivity index (χ0v) is 17.9. The molecule has 0 amide bonds. The van der Waals surface area contributed by atoms with Gasteiger partial charge in [-0.15, -0.1) is 0 Å². The molecule has 3 aromatic carbocycles. The summed E-state index contributed by atoms with van der Waals surface area (Å²) in [5.41, 5.74) is 10.3. The molecule has 31 heavy (non-hydrogen) atoms. The third-order valence-electron chi connectivity index (χ3n) is 5.59. The van der Waals surface area contributed by atoms with Gasteiger partial charge in [-0.3, -0.25) is 0 Å². The van der Waals surface area contributed by atoms with Crippen molar-refractivity contribution in [3.05, 3.63) is 114 Å². The first kappa shape index (κ1) is 20.5. The molecule has 1 aliphatic rings. The monoisotopic (exact) mass is 407 g/mol. The van der Waals surface area contributed by atoms with E-state index in [4.69, 9.17) is 5.73 Å². The van der Waals surface area contributed by atoms with E-state index in [9.17, 15) is 0 Å². The van der Waals surface area contributed by atoms with E-state index in [-0.39, 0.29) is 0 Å². The third kappa shape index (κ3) is 4.89. The molecule has 0 fully saturated rings. The van der Waals surface area contributed by atoms with Crippen LogP contribution in [0.1, 0.15) is 19.3 Å². The molecule has 0 aromatic heterocycles. The molecule has 3 heteroatoms. The van der Waals surface area contributed by atoms with E-state index in [1.807, 2.05) is 25.4 Å². The van der Waals surface area contributed by atoms with E-state index in [2.05, 4.69) is 89.5 Å². The van der Waals surface area contributed by atoms with Crippen molar-refractivity contribution in [1.29, 1.82) is 0 Å². The van der Waals surface area contributed by atoms with Gasteiger partial charge in [-0.25, -0.2) is 0 Å². The van der Waals surface area contributed by atoms with Crippen LogP contribution in [-0.2, 0) is 0 Å². The fourth-order valence-corrected chi connectivity index (χ4v) is 3.95. The average Bonchev–Trinajstić information content (AvgIpc) is 2.83. The molecule has 0 radical (unpaired) electrons. The zero-order valence-electron chi connectivity index (χ0n) is 17.9.